The van der Waals surface area contributed by atoms with Gasteiger partial charge in [-0.05, 0) is 51.4 Å². The molecule has 0 saturated heterocycles. The zero-order chi connectivity index (χ0) is 58.2. The normalized spacial score (nSPS) is 12.6. The molecule has 0 aromatic heterocycles. The van der Waals surface area contributed by atoms with Crippen LogP contribution in [-0.2, 0) is 71.7 Å². The number of rotatable bonds is 56. The van der Waals surface area contributed by atoms with Gasteiger partial charge >= 0.3 is 29.8 Å². The lowest BCUT2D eigenvalue weighted by Crippen LogP contribution is -2.42. The van der Waals surface area contributed by atoms with Gasteiger partial charge in [-0.15, -0.1) is 0 Å². The lowest BCUT2D eigenvalue weighted by molar-refractivity contribution is -0.145. The number of ether oxygens (including phenoxy) is 4. The fourth-order valence-corrected chi connectivity index (χ4v) is 7.88. The smallest absolute Gasteiger partial charge is 0.326 e. The summed E-state index contributed by atoms with van der Waals surface area (Å²) >= 11 is 0. The number of amides is 4. The van der Waals surface area contributed by atoms with E-state index in [0.29, 0.717) is 38.6 Å². The summed E-state index contributed by atoms with van der Waals surface area (Å²) in [5.74, 6) is -9.81. The zero-order valence-electron chi connectivity index (χ0n) is 46.0. The Hall–Kier alpha value is -5.59. The molecule has 0 aliphatic carbocycles. The predicted octanol–water partition coefficient (Wildman–Crippen LogP) is 5.24. The molecule has 4 atom stereocenters. The Morgan fingerprint density at radius 3 is 1.38 bits per heavy atom. The number of unbranched alkanes of at least 4 members (excludes halogenated alkanes) is 14. The van der Waals surface area contributed by atoms with E-state index in [0.717, 1.165) is 51.4 Å². The van der Waals surface area contributed by atoms with E-state index in [1.165, 1.54) is 32.1 Å². The Labute approximate surface area is 460 Å². The third-order valence-corrected chi connectivity index (χ3v) is 12.6. The summed E-state index contributed by atoms with van der Waals surface area (Å²) in [5.41, 5.74) is 0. The minimum absolute atomic E-state index is 0. The van der Waals surface area contributed by atoms with Crippen molar-refractivity contribution in [2.24, 2.45) is 11.8 Å². The van der Waals surface area contributed by atoms with Crippen LogP contribution in [-0.4, -0.2) is 169 Å². The van der Waals surface area contributed by atoms with Gasteiger partial charge in [0.15, 0.2) is 5.78 Å². The SMILES string of the molecule is C[C@@H](CCCCNC(=O)CC[C@H](CC(=O)CC[C@H](NC(=O)COCCOCCCC(=O)COCCOCCNC(=O)CC[C@H](NC(=O)CCCCCCCCCCCCCCCCC(=O)O)C(=O)O)C(=O)O)C(=O)O)C(=O)O.[HH]. The summed E-state index contributed by atoms with van der Waals surface area (Å²) in [6, 6.07) is -2.61. The number of nitrogens with one attached hydrogen (secondary N) is 4. The van der Waals surface area contributed by atoms with E-state index in [-0.39, 0.29) is 130 Å². The number of carbonyl (C=O) groups is 11. The van der Waals surface area contributed by atoms with Crippen molar-refractivity contribution in [1.82, 2.24) is 21.3 Å². The standard InChI is InChI=1S/C54H92N4O20.H2/c1-40(51(67)68)19-16-17-29-55-46(61)27-23-41(52(69)70)37-42(59)24-25-44(53(71)72)58-49(64)39-78-36-33-75-31-18-20-43(60)38-77-35-34-76-32-30-56-47(62)28-26-45(54(73)74)57-48(63)21-14-12-10-8-6-4-2-3-5-7-9-11-13-15-22-50(65)66;/h40-41,44-45H,2-39H2,1H3,(H,55,61)(H,56,62)(H,57,63)(H,58,64)(H,65,66)(H,67,68)(H,69,70)(H,71,72)(H,73,74);1H/t40-,41+,44-,45-;/m0./s1. The fraction of sp³-hybridized carbons (Fsp3) is 0.796. The van der Waals surface area contributed by atoms with E-state index in [9.17, 15) is 68.1 Å². The van der Waals surface area contributed by atoms with Crippen LogP contribution in [0.3, 0.4) is 0 Å². The number of ketones is 2. The first kappa shape index (κ1) is 72.4. The van der Waals surface area contributed by atoms with E-state index in [1.54, 1.807) is 6.92 Å². The monoisotopic (exact) mass is 1120 g/mol. The van der Waals surface area contributed by atoms with Crippen molar-refractivity contribution in [2.45, 2.75) is 199 Å². The summed E-state index contributed by atoms with van der Waals surface area (Å²) in [6.45, 7) is 2.17. The highest BCUT2D eigenvalue weighted by Crippen LogP contribution is 2.17. The maximum absolute atomic E-state index is 12.5. The molecule has 0 aliphatic rings. The first-order valence-electron chi connectivity index (χ1n) is 27.9. The Kier molecular flexibility index (Phi) is 45.1. The van der Waals surface area contributed by atoms with Crippen LogP contribution in [0.25, 0.3) is 0 Å². The molecule has 0 bridgehead atoms. The zero-order valence-corrected chi connectivity index (χ0v) is 46.0. The Balaban J connectivity index is 0. The third-order valence-electron chi connectivity index (χ3n) is 12.6. The van der Waals surface area contributed by atoms with Gasteiger partial charge < -0.3 is 65.7 Å². The Morgan fingerprint density at radius 1 is 0.372 bits per heavy atom. The van der Waals surface area contributed by atoms with Gasteiger partial charge in [0.25, 0.3) is 0 Å². The maximum atomic E-state index is 12.5. The Bertz CT molecular complexity index is 1770. The molecule has 0 aromatic carbocycles. The molecule has 0 heterocycles. The molecular formula is C54H94N4O20. The highest BCUT2D eigenvalue weighted by Gasteiger charge is 2.26. The van der Waals surface area contributed by atoms with Gasteiger partial charge in [-0.25, -0.2) is 9.59 Å². The minimum atomic E-state index is -1.44. The molecule has 0 saturated carbocycles. The highest BCUT2D eigenvalue weighted by molar-refractivity contribution is 5.87. The first-order valence-corrected chi connectivity index (χ1v) is 27.9. The number of Topliss-reactive ketones (excluding diaryl/α,β-unsaturated/α-hetero) is 2. The topological polar surface area (TPSA) is 374 Å². The maximum Gasteiger partial charge on any atom is 0.326 e. The molecule has 450 valence electrons. The van der Waals surface area contributed by atoms with Crippen molar-refractivity contribution >= 4 is 65.0 Å². The van der Waals surface area contributed by atoms with Gasteiger partial charge in [-0.1, -0.05) is 90.4 Å². The number of carboxylic acids is 5. The van der Waals surface area contributed by atoms with Gasteiger partial charge in [-0.3, -0.25) is 43.2 Å². The number of carboxylic acid groups (broad SMARTS) is 5. The second-order valence-electron chi connectivity index (χ2n) is 19.6. The number of hydrogen-bond acceptors (Lipinski definition) is 15. The van der Waals surface area contributed by atoms with Gasteiger partial charge in [-0.2, -0.15) is 0 Å². The third kappa shape index (κ3) is 45.4. The van der Waals surface area contributed by atoms with E-state index in [4.69, 9.17) is 29.2 Å². The fourth-order valence-electron chi connectivity index (χ4n) is 7.88. The molecule has 0 fully saturated rings. The van der Waals surface area contributed by atoms with Crippen LogP contribution in [0.2, 0.25) is 0 Å². The van der Waals surface area contributed by atoms with Crippen molar-refractivity contribution in [3.05, 3.63) is 0 Å². The molecule has 0 unspecified atom stereocenters. The number of carbonyl (C=O) groups excluding carboxylic acids is 6. The molecule has 9 N–H and O–H groups in total. The molecule has 78 heavy (non-hydrogen) atoms. The van der Waals surface area contributed by atoms with Gasteiger partial charge in [0.05, 0.1) is 44.9 Å². The predicted molar refractivity (Wildman–Crippen MR) is 285 cm³/mol. The molecule has 0 radical (unpaired) electrons. The van der Waals surface area contributed by atoms with Crippen molar-refractivity contribution in [2.75, 3.05) is 65.9 Å². The van der Waals surface area contributed by atoms with E-state index in [2.05, 4.69) is 21.3 Å². The number of aliphatic carboxylic acids is 5. The molecule has 0 spiro atoms. The highest BCUT2D eigenvalue weighted by atomic mass is 16.5. The van der Waals surface area contributed by atoms with E-state index >= 15 is 0 Å². The van der Waals surface area contributed by atoms with Crippen LogP contribution >= 0.6 is 0 Å². The lowest BCUT2D eigenvalue weighted by atomic mass is 9.94. The van der Waals surface area contributed by atoms with Crippen LogP contribution in [0.1, 0.15) is 188 Å². The Morgan fingerprint density at radius 2 is 0.846 bits per heavy atom. The van der Waals surface area contributed by atoms with Gasteiger partial charge in [0.1, 0.15) is 31.1 Å². The van der Waals surface area contributed by atoms with Crippen molar-refractivity contribution in [3.63, 3.8) is 0 Å². The number of hydrogen-bond donors (Lipinski definition) is 9. The van der Waals surface area contributed by atoms with Crippen LogP contribution in [0, 0.1) is 11.8 Å². The largest absolute Gasteiger partial charge is 0.481 e. The van der Waals surface area contributed by atoms with Crippen LogP contribution in [0.15, 0.2) is 0 Å². The average molecular weight is 1120 g/mol. The molecular weight excluding hydrogens is 1020 g/mol. The quantitative estimate of drug-likeness (QED) is 0.0352. The molecule has 0 rings (SSSR count). The average Bonchev–Trinajstić information content (AvgIpc) is 3.38. The second kappa shape index (κ2) is 48.5. The minimum Gasteiger partial charge on any atom is -0.481 e. The molecule has 4 amide bonds. The second-order valence-corrected chi connectivity index (χ2v) is 19.6. The lowest BCUT2D eigenvalue weighted by Gasteiger charge is -2.15. The van der Waals surface area contributed by atoms with Crippen molar-refractivity contribution in [1.29, 1.82) is 0 Å². The molecule has 0 aliphatic heterocycles. The van der Waals surface area contributed by atoms with Gasteiger partial charge in [0.2, 0.25) is 23.6 Å². The van der Waals surface area contributed by atoms with Crippen LogP contribution in [0.5, 0.6) is 0 Å². The van der Waals surface area contributed by atoms with E-state index < -0.39 is 84.4 Å². The molecule has 0 aromatic rings. The first-order chi connectivity index (χ1) is 37.3. The van der Waals surface area contributed by atoms with Crippen LogP contribution in [0.4, 0.5) is 0 Å². The summed E-state index contributed by atoms with van der Waals surface area (Å²) in [5, 5.41) is 56.3. The molecule has 24 heteroatoms. The molecule has 24 nitrogen and oxygen atoms in total. The van der Waals surface area contributed by atoms with E-state index in [1.807, 2.05) is 0 Å². The summed E-state index contributed by atoms with van der Waals surface area (Å²) in [7, 11) is 0. The van der Waals surface area contributed by atoms with Crippen molar-refractivity contribution in [3.8, 4) is 0 Å². The summed E-state index contributed by atoms with van der Waals surface area (Å²) in [6.07, 6.45) is 16.0. The summed E-state index contributed by atoms with van der Waals surface area (Å²) < 4.78 is 21.4. The van der Waals surface area contributed by atoms with Crippen LogP contribution < -0.4 is 21.3 Å². The summed E-state index contributed by atoms with van der Waals surface area (Å²) in [4.78, 5) is 130. The van der Waals surface area contributed by atoms with Crippen molar-refractivity contribution < 1.29 is 98.6 Å². The van der Waals surface area contributed by atoms with Gasteiger partial charge in [0, 0.05) is 66.1 Å².